The molecule has 2 fully saturated rings. The number of carboxylic acids is 1. The van der Waals surface area contributed by atoms with Crippen molar-refractivity contribution in [3.8, 4) is 0 Å². The minimum Gasteiger partial charge on any atom is -0.481 e. The van der Waals surface area contributed by atoms with E-state index in [2.05, 4.69) is 6.92 Å². The van der Waals surface area contributed by atoms with Gasteiger partial charge >= 0.3 is 5.97 Å². The van der Waals surface area contributed by atoms with Gasteiger partial charge in [-0.3, -0.25) is 9.59 Å². The van der Waals surface area contributed by atoms with Crippen molar-refractivity contribution in [1.29, 1.82) is 0 Å². The molecule has 1 aliphatic heterocycles. The summed E-state index contributed by atoms with van der Waals surface area (Å²) < 4.78 is 0. The van der Waals surface area contributed by atoms with Crippen LogP contribution in [0.2, 0.25) is 0 Å². The first kappa shape index (κ1) is 15.3. The Morgan fingerprint density at radius 3 is 2.50 bits per heavy atom. The fourth-order valence-corrected chi connectivity index (χ4v) is 3.93. The van der Waals surface area contributed by atoms with Crippen molar-refractivity contribution >= 4 is 11.9 Å². The molecule has 2 aliphatic rings. The highest BCUT2D eigenvalue weighted by Gasteiger charge is 2.43. The van der Waals surface area contributed by atoms with Crippen molar-refractivity contribution < 1.29 is 14.7 Å². The Bertz CT molecular complexity index is 361. The quantitative estimate of drug-likeness (QED) is 0.842. The molecule has 4 heteroatoms. The second-order valence-electron chi connectivity index (χ2n) is 6.42. The molecule has 1 saturated heterocycles. The topological polar surface area (TPSA) is 57.6 Å². The molecule has 0 bridgehead atoms. The fraction of sp³-hybridized carbons (Fsp3) is 0.875. The van der Waals surface area contributed by atoms with E-state index < -0.39 is 5.97 Å². The number of piperidine rings is 1. The van der Waals surface area contributed by atoms with E-state index in [0.29, 0.717) is 12.3 Å². The minimum absolute atomic E-state index is 0.140. The van der Waals surface area contributed by atoms with Gasteiger partial charge in [0.15, 0.2) is 0 Å². The average molecular weight is 281 g/mol. The highest BCUT2D eigenvalue weighted by atomic mass is 16.4. The Morgan fingerprint density at radius 2 is 1.90 bits per heavy atom. The van der Waals surface area contributed by atoms with Gasteiger partial charge in [-0.1, -0.05) is 19.8 Å². The smallest absolute Gasteiger partial charge is 0.303 e. The van der Waals surface area contributed by atoms with Crippen LogP contribution in [0.25, 0.3) is 0 Å². The molecular formula is C16H27NO3. The summed E-state index contributed by atoms with van der Waals surface area (Å²) in [5.74, 6) is -0.443. The number of amides is 1. The summed E-state index contributed by atoms with van der Waals surface area (Å²) in [6, 6.07) is 0.149. The first-order chi connectivity index (χ1) is 9.59. The van der Waals surface area contributed by atoms with Crippen LogP contribution in [-0.4, -0.2) is 34.5 Å². The van der Waals surface area contributed by atoms with Gasteiger partial charge in [0.1, 0.15) is 0 Å². The van der Waals surface area contributed by atoms with Crippen LogP contribution in [0.3, 0.4) is 0 Å². The molecule has 114 valence electrons. The third-order valence-corrected chi connectivity index (χ3v) is 5.27. The SMILES string of the molecule is CCC1(C(=O)N2CCCCC2CCC(=O)O)CCCC1. The molecule has 1 aliphatic carbocycles. The average Bonchev–Trinajstić information content (AvgIpc) is 2.94. The van der Waals surface area contributed by atoms with E-state index in [4.69, 9.17) is 5.11 Å². The Morgan fingerprint density at radius 1 is 1.20 bits per heavy atom. The Balaban J connectivity index is 2.06. The van der Waals surface area contributed by atoms with Crippen molar-refractivity contribution in [2.75, 3.05) is 6.54 Å². The zero-order valence-corrected chi connectivity index (χ0v) is 12.6. The number of rotatable bonds is 5. The highest BCUT2D eigenvalue weighted by Crippen LogP contribution is 2.43. The van der Waals surface area contributed by atoms with Crippen LogP contribution in [0.5, 0.6) is 0 Å². The van der Waals surface area contributed by atoms with E-state index >= 15 is 0 Å². The van der Waals surface area contributed by atoms with E-state index in [-0.39, 0.29) is 17.9 Å². The maximum atomic E-state index is 13.0. The molecule has 2 rings (SSSR count). The van der Waals surface area contributed by atoms with Gasteiger partial charge in [-0.25, -0.2) is 0 Å². The van der Waals surface area contributed by atoms with Crippen LogP contribution in [0, 0.1) is 5.41 Å². The minimum atomic E-state index is -0.756. The lowest BCUT2D eigenvalue weighted by molar-refractivity contribution is -0.147. The number of hydrogen-bond acceptors (Lipinski definition) is 2. The molecule has 0 aromatic rings. The Labute approximate surface area is 121 Å². The lowest BCUT2D eigenvalue weighted by Gasteiger charge is -2.41. The van der Waals surface area contributed by atoms with Gasteiger partial charge in [0, 0.05) is 24.4 Å². The van der Waals surface area contributed by atoms with Gasteiger partial charge in [0.05, 0.1) is 0 Å². The van der Waals surface area contributed by atoms with Crippen molar-refractivity contribution in [2.45, 2.75) is 77.2 Å². The first-order valence-electron chi connectivity index (χ1n) is 8.12. The third-order valence-electron chi connectivity index (χ3n) is 5.27. The monoisotopic (exact) mass is 281 g/mol. The van der Waals surface area contributed by atoms with Crippen molar-refractivity contribution in [1.82, 2.24) is 4.90 Å². The number of aliphatic carboxylic acids is 1. The third kappa shape index (κ3) is 3.15. The van der Waals surface area contributed by atoms with Gasteiger partial charge in [0.2, 0.25) is 5.91 Å². The van der Waals surface area contributed by atoms with Gasteiger partial charge in [-0.15, -0.1) is 0 Å². The van der Waals surface area contributed by atoms with Crippen LogP contribution in [0.15, 0.2) is 0 Å². The van der Waals surface area contributed by atoms with Gasteiger partial charge in [-0.05, 0) is 44.9 Å². The summed E-state index contributed by atoms with van der Waals surface area (Å²) in [5.41, 5.74) is -0.140. The molecule has 1 atom stereocenters. The molecule has 1 N–H and O–H groups in total. The normalized spacial score (nSPS) is 25.6. The van der Waals surface area contributed by atoms with Crippen LogP contribution < -0.4 is 0 Å². The zero-order valence-electron chi connectivity index (χ0n) is 12.6. The molecule has 0 aromatic carbocycles. The summed E-state index contributed by atoms with van der Waals surface area (Å²) in [5, 5.41) is 8.87. The van der Waals surface area contributed by atoms with Crippen LogP contribution in [-0.2, 0) is 9.59 Å². The number of hydrogen-bond donors (Lipinski definition) is 1. The van der Waals surface area contributed by atoms with Gasteiger partial charge in [-0.2, -0.15) is 0 Å². The standard InChI is InChI=1S/C16H27NO3/c1-2-16(10-4-5-11-16)15(20)17-12-6-3-7-13(17)8-9-14(18)19/h13H,2-12H2,1H3,(H,18,19). The van der Waals surface area contributed by atoms with Crippen molar-refractivity contribution in [3.63, 3.8) is 0 Å². The molecule has 1 heterocycles. The molecule has 0 aromatic heterocycles. The van der Waals surface area contributed by atoms with Crippen LogP contribution in [0.4, 0.5) is 0 Å². The molecule has 0 radical (unpaired) electrons. The summed E-state index contributed by atoms with van der Waals surface area (Å²) in [7, 11) is 0. The summed E-state index contributed by atoms with van der Waals surface area (Å²) in [6.07, 6.45) is 9.22. The second-order valence-corrected chi connectivity index (χ2v) is 6.42. The summed E-state index contributed by atoms with van der Waals surface area (Å²) in [4.78, 5) is 25.8. The largest absolute Gasteiger partial charge is 0.481 e. The fourth-order valence-electron chi connectivity index (χ4n) is 3.93. The van der Waals surface area contributed by atoms with E-state index in [1.165, 1.54) is 0 Å². The summed E-state index contributed by atoms with van der Waals surface area (Å²) in [6.45, 7) is 2.95. The van der Waals surface area contributed by atoms with Crippen LogP contribution in [0.1, 0.15) is 71.1 Å². The highest BCUT2D eigenvalue weighted by molar-refractivity contribution is 5.83. The maximum Gasteiger partial charge on any atom is 0.303 e. The second kappa shape index (κ2) is 6.59. The molecule has 1 unspecified atom stereocenters. The lowest BCUT2D eigenvalue weighted by Crippen LogP contribution is -2.50. The van der Waals surface area contributed by atoms with Gasteiger partial charge in [0.25, 0.3) is 0 Å². The number of likely N-dealkylation sites (tertiary alicyclic amines) is 1. The number of nitrogens with zero attached hydrogens (tertiary/aromatic N) is 1. The molecule has 4 nitrogen and oxygen atoms in total. The molecule has 1 saturated carbocycles. The van der Waals surface area contributed by atoms with E-state index in [1.807, 2.05) is 4.90 Å². The maximum absolute atomic E-state index is 13.0. The Hall–Kier alpha value is -1.06. The molecule has 0 spiro atoms. The molecule has 1 amide bonds. The van der Waals surface area contributed by atoms with Crippen LogP contribution >= 0.6 is 0 Å². The van der Waals surface area contributed by atoms with Crippen molar-refractivity contribution in [2.24, 2.45) is 5.41 Å². The Kier molecular flexibility index (Phi) is 5.06. The lowest BCUT2D eigenvalue weighted by atomic mass is 9.80. The summed E-state index contributed by atoms with van der Waals surface area (Å²) >= 11 is 0. The van der Waals surface area contributed by atoms with Crippen molar-refractivity contribution in [3.05, 3.63) is 0 Å². The predicted octanol–water partition coefficient (Wildman–Crippen LogP) is 3.20. The predicted molar refractivity (Wildman–Crippen MR) is 77.4 cm³/mol. The zero-order chi connectivity index (χ0) is 14.6. The number of carboxylic acid groups (broad SMARTS) is 1. The number of carbonyl (C=O) groups excluding carboxylic acids is 1. The van der Waals surface area contributed by atoms with Gasteiger partial charge < -0.3 is 10.0 Å². The van der Waals surface area contributed by atoms with E-state index in [9.17, 15) is 9.59 Å². The number of carbonyl (C=O) groups is 2. The first-order valence-corrected chi connectivity index (χ1v) is 8.12. The molecular weight excluding hydrogens is 254 g/mol. The van der Waals surface area contributed by atoms with E-state index in [0.717, 1.165) is 57.9 Å². The molecule has 20 heavy (non-hydrogen) atoms. The van der Waals surface area contributed by atoms with E-state index in [1.54, 1.807) is 0 Å².